The zero-order valence-electron chi connectivity index (χ0n) is 52.6. The predicted molar refractivity (Wildman–Crippen MR) is 346 cm³/mol. The summed E-state index contributed by atoms with van der Waals surface area (Å²) in [5, 5.41) is 0. The molecule has 448 valence electrons. The van der Waals surface area contributed by atoms with Crippen LogP contribution in [0.2, 0.25) is 39.3 Å². The van der Waals surface area contributed by atoms with Gasteiger partial charge in [0.1, 0.15) is 0 Å². The number of aliphatic imine (C=N–C) groups is 4. The number of fused-ring (bicyclic) bond motifs is 10. The van der Waals surface area contributed by atoms with Crippen molar-refractivity contribution in [2.24, 2.45) is 20.0 Å². The summed E-state index contributed by atoms with van der Waals surface area (Å²) in [6.45, 7) is 33.7. The van der Waals surface area contributed by atoms with Crippen molar-refractivity contribution in [1.29, 1.82) is 0 Å². The van der Waals surface area contributed by atoms with Crippen LogP contribution in [0, 0.1) is 111 Å². The van der Waals surface area contributed by atoms with Gasteiger partial charge in [0.15, 0.2) is 0 Å². The third-order valence-corrected chi connectivity index (χ3v) is 12.6. The van der Waals surface area contributed by atoms with E-state index >= 15 is 0 Å². The number of aromatic nitrogens is 4. The summed E-state index contributed by atoms with van der Waals surface area (Å²) in [6.07, 6.45) is 7.20. The molecule has 5 aromatic carbocycles. The smallest absolute Gasteiger partial charge is 0.0888 e. The quantitative estimate of drug-likeness (QED) is 0.135. The molecule has 0 N–H and O–H groups in total. The molecule has 0 aliphatic carbocycles. The van der Waals surface area contributed by atoms with Gasteiger partial charge < -0.3 is 40.5 Å². The third kappa shape index (κ3) is 26.8. The van der Waals surface area contributed by atoms with Gasteiger partial charge in [0.2, 0.25) is 0 Å². The maximum absolute atomic E-state index is 10.2. The molecule has 1 aliphatic rings. The zero-order chi connectivity index (χ0) is 59.5. The molecule has 4 aromatic heterocycles. The molecule has 10 rings (SSSR count). The number of hydrogen-bond donors (Lipinski definition) is 0. The number of hydrogen-bond acceptors (Lipinski definition) is 6. The Kier molecular flexibility index (Phi) is 32.5. The molecule has 1 aliphatic heterocycles. The normalized spacial score (nSPS) is 12.5. The van der Waals surface area contributed by atoms with Crippen LogP contribution in [0.15, 0.2) is 184 Å². The van der Waals surface area contributed by atoms with E-state index in [9.17, 15) is 9.59 Å². The number of rotatable bonds is 0. The van der Waals surface area contributed by atoms with Gasteiger partial charge in [0.25, 0.3) is 0 Å². The minimum absolute atomic E-state index is 0. The van der Waals surface area contributed by atoms with Crippen molar-refractivity contribution < 1.29 is 82.8 Å². The van der Waals surface area contributed by atoms with Gasteiger partial charge in [-0.3, -0.25) is 20.0 Å². The van der Waals surface area contributed by atoms with Gasteiger partial charge in [-0.25, -0.2) is 0 Å². The number of nitrogens with zero attached hydrogens (tertiary/aromatic N) is 8. The van der Waals surface area contributed by atoms with Crippen LogP contribution >= 0.6 is 0 Å². The van der Waals surface area contributed by atoms with Crippen molar-refractivity contribution in [2.45, 2.75) is 126 Å². The predicted octanol–water partition coefficient (Wildman–Crippen LogP) is 14.8. The maximum atomic E-state index is 10.2. The SMILES string of the molecule is C[Si](C)(C)[O-].C[Si](C)(C)[O-].Cc1cc2c(cc1C)N=Cc1ccc([n-]1)C(C)(C)c1ccc([n-]1)C=Nc1cc(C)c(C)cc1N=Cc1ccc([n-]1)C(C)(C)c1ccc([n-]1)C=N2.Cc1ccccc1.Cc1ccccc1.Cc1ccccc1.[O-2].[O-2].[U].[U]. The van der Waals surface area contributed by atoms with E-state index in [4.69, 9.17) is 39.9 Å². The first-order valence-corrected chi connectivity index (χ1v) is 34.3. The molecule has 9 aromatic rings. The zero-order valence-corrected chi connectivity index (χ0v) is 62.9. The molecule has 0 saturated carbocycles. The second-order valence-electron chi connectivity index (χ2n) is 23.3. The van der Waals surface area contributed by atoms with E-state index < -0.39 is 27.5 Å². The van der Waals surface area contributed by atoms with E-state index in [1.54, 1.807) is 64.1 Å². The summed E-state index contributed by atoms with van der Waals surface area (Å²) in [5.74, 6) is 0. The van der Waals surface area contributed by atoms with Crippen LogP contribution in [0.3, 0.4) is 0 Å². The van der Waals surface area contributed by atoms with Crippen molar-refractivity contribution in [3.05, 3.63) is 248 Å². The molecule has 0 fully saturated rings. The van der Waals surface area contributed by atoms with E-state index in [0.717, 1.165) is 90.6 Å². The van der Waals surface area contributed by atoms with Gasteiger partial charge in [-0.15, -0.1) is 22.8 Å². The first-order valence-electron chi connectivity index (χ1n) is 27.5. The fraction of sp³-hybridized carbons (Fsp3) is 0.275. The molecule has 0 amide bonds. The fourth-order valence-corrected chi connectivity index (χ4v) is 7.59. The first-order chi connectivity index (χ1) is 38.0. The Morgan fingerprint density at radius 2 is 0.494 bits per heavy atom. The summed E-state index contributed by atoms with van der Waals surface area (Å²) in [7, 11) is -3.72. The van der Waals surface area contributed by atoms with Crippen LogP contribution in [0.1, 0.15) is 112 Å². The Morgan fingerprint density at radius 3 is 0.647 bits per heavy atom. The van der Waals surface area contributed by atoms with Gasteiger partial charge >= 0.3 is 0 Å². The molecule has 85 heavy (non-hydrogen) atoms. The van der Waals surface area contributed by atoms with Crippen LogP contribution < -0.4 is 29.5 Å². The van der Waals surface area contributed by atoms with E-state index in [1.807, 2.05) is 103 Å². The third-order valence-electron chi connectivity index (χ3n) is 12.6. The molecular weight excluding hydrogens is 1540 g/mol. The summed E-state index contributed by atoms with van der Waals surface area (Å²) >= 11 is 0. The van der Waals surface area contributed by atoms with Crippen LogP contribution in [-0.4, -0.2) is 41.5 Å². The van der Waals surface area contributed by atoms with Crippen LogP contribution in [0.25, 0.3) is 0 Å². The maximum Gasteiger partial charge on any atom is 0.0888 e. The Morgan fingerprint density at radius 1 is 0.318 bits per heavy atom. The molecule has 0 unspecified atom stereocenters. The van der Waals surface area contributed by atoms with Gasteiger partial charge in [-0.1, -0.05) is 240 Å². The minimum Gasteiger partial charge on any atom is -2.00 e. The van der Waals surface area contributed by atoms with Crippen molar-refractivity contribution >= 4 is 64.2 Å². The van der Waals surface area contributed by atoms with E-state index in [0.29, 0.717) is 0 Å². The van der Waals surface area contributed by atoms with E-state index in [1.165, 1.54) is 16.7 Å². The van der Waals surface area contributed by atoms with Crippen LogP contribution in [0.5, 0.6) is 0 Å². The average molecular weight is 1620 g/mol. The Hall–Kier alpha value is -5.72. The monoisotopic (exact) mass is 1620 g/mol. The van der Waals surface area contributed by atoms with Gasteiger partial charge in [-0.2, -0.15) is 22.8 Å². The second-order valence-corrected chi connectivity index (χ2v) is 31.8. The molecule has 0 saturated heterocycles. The number of aryl methyl sites for hydroxylation is 7. The Balaban J connectivity index is 0.000000837. The fourth-order valence-electron chi connectivity index (χ4n) is 7.59. The molecule has 12 nitrogen and oxygen atoms in total. The Bertz CT molecular complexity index is 3080. The molecule has 8 bridgehead atoms. The van der Waals surface area contributed by atoms with Crippen LogP contribution in [-0.2, 0) is 21.8 Å². The largest absolute Gasteiger partial charge is 2.00 e. The van der Waals surface area contributed by atoms with E-state index in [-0.39, 0.29) is 73.2 Å². The Labute approximate surface area is 556 Å². The summed E-state index contributed by atoms with van der Waals surface area (Å²) in [5.41, 5.74) is 17.5. The summed E-state index contributed by atoms with van der Waals surface area (Å²) < 4.78 is 0. The van der Waals surface area contributed by atoms with Crippen molar-refractivity contribution in [3.63, 3.8) is 0 Å². The molecular formula is C69H82N8O4Si2U2-10. The molecule has 0 spiro atoms. The average Bonchev–Trinajstić information content (AvgIpc) is 4.36. The van der Waals surface area contributed by atoms with Gasteiger partial charge in [0.05, 0.1) is 22.7 Å². The van der Waals surface area contributed by atoms with Crippen molar-refractivity contribution in [1.82, 2.24) is 19.9 Å². The second kappa shape index (κ2) is 35.8. The van der Waals surface area contributed by atoms with E-state index in [2.05, 4.69) is 137 Å². The topological polar surface area (TPSA) is 209 Å². The van der Waals surface area contributed by atoms with Crippen LogP contribution in [0.4, 0.5) is 22.7 Å². The minimum atomic E-state index is -1.86. The molecule has 0 atom stereocenters. The number of benzene rings is 5. The molecule has 0 radical (unpaired) electrons. The van der Waals surface area contributed by atoms with Gasteiger partial charge in [0, 0.05) is 87.1 Å². The van der Waals surface area contributed by atoms with Crippen molar-refractivity contribution in [2.75, 3.05) is 0 Å². The summed E-state index contributed by atoms with van der Waals surface area (Å²) in [6, 6.07) is 55.2. The molecule has 5 heterocycles. The summed E-state index contributed by atoms with van der Waals surface area (Å²) in [4.78, 5) is 59.7. The molecule has 16 heteroatoms. The first kappa shape index (κ1) is 77.3. The van der Waals surface area contributed by atoms with Crippen molar-refractivity contribution in [3.8, 4) is 0 Å². The van der Waals surface area contributed by atoms with Gasteiger partial charge in [-0.05, 0) is 106 Å². The standard InChI is InChI=1S/C42H40N8.3C7H8.2C3H9OSi.2O.2U/c1-25-17-33-34(18-26(25)2)44-22-30-10-14-38(48-30)42(7,8)40-16-12-32(50-40)24-46-36-20-28(4)27(3)19-35(36)45-23-31-11-15-39(49-31)41(5,6)37-13-9-29(47-37)21-43-33;3*1-7-5-3-2-4-6-7;2*1-5(2,3)4;;;;/h9-24H,1-8H3;3*2-6H,1H3;2*1-3H3;;;;/q-4;;;;2*-1;2*-2;;.